The van der Waals surface area contributed by atoms with Crippen LogP contribution < -0.4 is 4.74 Å². The van der Waals surface area contributed by atoms with E-state index >= 15 is 0 Å². The van der Waals surface area contributed by atoms with Crippen LogP contribution in [0.5, 0.6) is 5.88 Å². The van der Waals surface area contributed by atoms with Gasteiger partial charge < -0.3 is 9.15 Å². The van der Waals surface area contributed by atoms with Crippen molar-refractivity contribution in [3.8, 4) is 17.5 Å². The van der Waals surface area contributed by atoms with E-state index in [1.165, 1.54) is 0 Å². The Morgan fingerprint density at radius 2 is 2.00 bits per heavy atom. The summed E-state index contributed by atoms with van der Waals surface area (Å²) in [6.45, 7) is 6.06. The Morgan fingerprint density at radius 1 is 1.19 bits per heavy atom. The lowest BCUT2D eigenvalue weighted by Crippen LogP contribution is -2.03. The second-order valence-corrected chi connectivity index (χ2v) is 4.69. The minimum Gasteiger partial charge on any atom is -0.481 e. The third-order valence-electron chi connectivity index (χ3n) is 3.48. The molecular weight excluding hydrogens is 270 g/mol. The van der Waals surface area contributed by atoms with Crippen LogP contribution in [-0.4, -0.2) is 31.7 Å². The van der Waals surface area contributed by atoms with Crippen LogP contribution in [0.3, 0.4) is 0 Å². The summed E-state index contributed by atoms with van der Waals surface area (Å²) in [5.74, 6) is 2.18. The normalized spacial score (nSPS) is 11.2. The van der Waals surface area contributed by atoms with Gasteiger partial charge in [-0.3, -0.25) is 4.40 Å². The Labute approximate surface area is 122 Å². The summed E-state index contributed by atoms with van der Waals surface area (Å²) in [6, 6.07) is 0. The number of methoxy groups -OCH3 is 1. The first-order valence-corrected chi connectivity index (χ1v) is 6.93. The zero-order chi connectivity index (χ0) is 15.0. The summed E-state index contributed by atoms with van der Waals surface area (Å²) in [7, 11) is 1.62. The maximum Gasteiger partial charge on any atom is 0.267 e. The predicted octanol–water partition coefficient (Wildman–Crippen LogP) is 2.22. The molecule has 3 rings (SSSR count). The average Bonchev–Trinajstić information content (AvgIpc) is 3.13. The molecule has 0 amide bonds. The van der Waals surface area contributed by atoms with Crippen LogP contribution in [0.4, 0.5) is 0 Å². The number of imidazole rings is 1. The molecule has 0 aliphatic heterocycles. The Morgan fingerprint density at radius 3 is 2.62 bits per heavy atom. The largest absolute Gasteiger partial charge is 0.481 e. The van der Waals surface area contributed by atoms with E-state index in [1.54, 1.807) is 7.11 Å². The van der Waals surface area contributed by atoms with E-state index in [0.29, 0.717) is 35.6 Å². The van der Waals surface area contributed by atoms with Crippen LogP contribution in [0.15, 0.2) is 10.6 Å². The minimum absolute atomic E-state index is 0.411. The summed E-state index contributed by atoms with van der Waals surface area (Å²) in [5, 5.41) is 7.98. The van der Waals surface area contributed by atoms with Crippen molar-refractivity contribution >= 4 is 5.78 Å². The quantitative estimate of drug-likeness (QED) is 0.732. The number of aryl methyl sites for hydroxylation is 2. The Kier molecular flexibility index (Phi) is 3.32. The van der Waals surface area contributed by atoms with E-state index < -0.39 is 0 Å². The molecule has 0 saturated heterocycles. The molecule has 3 aromatic heterocycles. The highest BCUT2D eigenvalue weighted by atomic mass is 16.5. The number of aromatic nitrogens is 5. The maximum absolute atomic E-state index is 5.54. The highest BCUT2D eigenvalue weighted by Crippen LogP contribution is 2.24. The molecule has 110 valence electrons. The van der Waals surface area contributed by atoms with Gasteiger partial charge in [-0.25, -0.2) is 4.98 Å². The minimum atomic E-state index is 0.411. The van der Waals surface area contributed by atoms with Crippen molar-refractivity contribution in [1.82, 2.24) is 24.6 Å². The molecule has 0 aliphatic rings. The van der Waals surface area contributed by atoms with Crippen LogP contribution in [-0.2, 0) is 12.8 Å². The van der Waals surface area contributed by atoms with Crippen LogP contribution in [0, 0.1) is 6.92 Å². The zero-order valence-corrected chi connectivity index (χ0v) is 12.5. The van der Waals surface area contributed by atoms with Gasteiger partial charge >= 0.3 is 0 Å². The van der Waals surface area contributed by atoms with Crippen LogP contribution in [0.1, 0.15) is 31.0 Å². The molecule has 7 nitrogen and oxygen atoms in total. The number of hydrogen-bond acceptors (Lipinski definition) is 6. The summed E-state index contributed by atoms with van der Waals surface area (Å²) < 4.78 is 12.8. The Bertz CT molecular complexity index is 790. The van der Waals surface area contributed by atoms with E-state index in [-0.39, 0.29) is 0 Å². The van der Waals surface area contributed by atoms with Crippen molar-refractivity contribution in [2.24, 2.45) is 0 Å². The van der Waals surface area contributed by atoms with Crippen molar-refractivity contribution in [3.05, 3.63) is 23.3 Å². The van der Waals surface area contributed by atoms with Gasteiger partial charge in [0.1, 0.15) is 5.69 Å². The summed E-state index contributed by atoms with van der Waals surface area (Å²) >= 11 is 0. The third kappa shape index (κ3) is 2.14. The molecule has 0 unspecified atom stereocenters. The molecule has 7 heteroatoms. The molecular formula is C14H17N5O2. The average molecular weight is 287 g/mol. The lowest BCUT2D eigenvalue weighted by atomic mass is 10.2. The fourth-order valence-corrected chi connectivity index (χ4v) is 2.33. The molecule has 3 aromatic rings. The van der Waals surface area contributed by atoms with Crippen LogP contribution in [0.2, 0.25) is 0 Å². The first kappa shape index (κ1) is 13.5. The summed E-state index contributed by atoms with van der Waals surface area (Å²) in [6.07, 6.45) is 3.40. The Hall–Kier alpha value is -2.44. The molecule has 21 heavy (non-hydrogen) atoms. The van der Waals surface area contributed by atoms with Crippen LogP contribution >= 0.6 is 0 Å². The molecule has 0 aliphatic carbocycles. The molecule has 0 N–H and O–H groups in total. The molecule has 0 bridgehead atoms. The summed E-state index contributed by atoms with van der Waals surface area (Å²) in [4.78, 5) is 8.89. The lowest BCUT2D eigenvalue weighted by Gasteiger charge is -2.10. The van der Waals surface area contributed by atoms with Gasteiger partial charge in [0.15, 0.2) is 0 Å². The maximum atomic E-state index is 5.54. The fraction of sp³-hybridized carbons (Fsp3) is 0.429. The fourth-order valence-electron chi connectivity index (χ4n) is 2.33. The van der Waals surface area contributed by atoms with Gasteiger partial charge in [0.05, 0.1) is 7.11 Å². The lowest BCUT2D eigenvalue weighted by molar-refractivity contribution is 0.392. The SMILES string of the molecule is CCc1nnc(-c2cn3c(C)c(CC)c(OC)nc3n2)o1. The van der Waals surface area contributed by atoms with Crippen molar-refractivity contribution < 1.29 is 9.15 Å². The summed E-state index contributed by atoms with van der Waals surface area (Å²) in [5.41, 5.74) is 2.73. The predicted molar refractivity (Wildman–Crippen MR) is 76.3 cm³/mol. The van der Waals surface area contributed by atoms with Crippen molar-refractivity contribution in [3.63, 3.8) is 0 Å². The highest BCUT2D eigenvalue weighted by Gasteiger charge is 2.17. The third-order valence-corrected chi connectivity index (χ3v) is 3.48. The van der Waals surface area contributed by atoms with Gasteiger partial charge in [-0.2, -0.15) is 4.98 Å². The number of rotatable bonds is 4. The van der Waals surface area contributed by atoms with Gasteiger partial charge in [-0.05, 0) is 13.3 Å². The first-order valence-electron chi connectivity index (χ1n) is 6.93. The molecule has 0 atom stereocenters. The van der Waals surface area contributed by atoms with E-state index in [9.17, 15) is 0 Å². The number of hydrogen-bond donors (Lipinski definition) is 0. The zero-order valence-electron chi connectivity index (χ0n) is 12.5. The van der Waals surface area contributed by atoms with Crippen LogP contribution in [0.25, 0.3) is 17.4 Å². The molecule has 3 heterocycles. The monoisotopic (exact) mass is 287 g/mol. The second-order valence-electron chi connectivity index (χ2n) is 4.69. The smallest absolute Gasteiger partial charge is 0.267 e. The van der Waals surface area contributed by atoms with Crippen molar-refractivity contribution in [2.75, 3.05) is 7.11 Å². The van der Waals surface area contributed by atoms with Gasteiger partial charge in [-0.15, -0.1) is 10.2 Å². The van der Waals surface area contributed by atoms with Gasteiger partial charge in [0.25, 0.3) is 5.89 Å². The number of fused-ring (bicyclic) bond motifs is 1. The number of ether oxygens (including phenoxy) is 1. The Balaban J connectivity index is 2.17. The topological polar surface area (TPSA) is 78.3 Å². The van der Waals surface area contributed by atoms with Gasteiger partial charge in [-0.1, -0.05) is 13.8 Å². The molecule has 0 fully saturated rings. The van der Waals surface area contributed by atoms with E-state index in [4.69, 9.17) is 9.15 Å². The first-order chi connectivity index (χ1) is 10.2. The van der Waals surface area contributed by atoms with E-state index in [2.05, 4.69) is 27.1 Å². The van der Waals surface area contributed by atoms with E-state index in [1.807, 2.05) is 24.4 Å². The standard InChI is InChI=1S/C14H17N5O2/c1-5-9-8(3)19-7-10(13-18-17-11(6-2)21-13)15-14(19)16-12(9)20-4/h7H,5-6H2,1-4H3. The van der Waals surface area contributed by atoms with Crippen molar-refractivity contribution in [2.45, 2.75) is 33.6 Å². The highest BCUT2D eigenvalue weighted by molar-refractivity contribution is 5.53. The molecule has 0 saturated carbocycles. The van der Waals surface area contributed by atoms with Gasteiger partial charge in [0.2, 0.25) is 17.5 Å². The van der Waals surface area contributed by atoms with E-state index in [0.717, 1.165) is 17.7 Å². The second kappa shape index (κ2) is 5.16. The number of nitrogens with zero attached hydrogens (tertiary/aromatic N) is 5. The van der Waals surface area contributed by atoms with Gasteiger partial charge in [0, 0.05) is 23.9 Å². The van der Waals surface area contributed by atoms with Crippen molar-refractivity contribution in [1.29, 1.82) is 0 Å². The molecule has 0 spiro atoms. The molecule has 0 aromatic carbocycles. The molecule has 0 radical (unpaired) electrons.